The third-order valence-electron chi connectivity index (χ3n) is 6.62. The van der Waals surface area contributed by atoms with E-state index in [0.29, 0.717) is 31.8 Å². The number of benzene rings is 2. The number of hydrogen-bond donors (Lipinski definition) is 4. The second-order valence-corrected chi connectivity index (χ2v) is 8.80. The Balaban J connectivity index is 1.56. The third-order valence-corrected chi connectivity index (χ3v) is 6.62. The van der Waals surface area contributed by atoms with E-state index in [-0.39, 0.29) is 17.6 Å². The number of phenolic OH excluding ortho intramolecular Hbond substituents is 1. The van der Waals surface area contributed by atoms with Gasteiger partial charge < -0.3 is 25.3 Å². The molecule has 0 aliphatic heterocycles. The molecule has 4 rings (SSSR count). The van der Waals surface area contributed by atoms with Gasteiger partial charge >= 0.3 is 5.97 Å². The van der Waals surface area contributed by atoms with Crippen molar-refractivity contribution in [3.63, 3.8) is 0 Å². The lowest BCUT2D eigenvalue weighted by Crippen LogP contribution is -2.43. The maximum atomic E-state index is 12.6. The SMILES string of the molecule is CCOC(=O)c1[nH]c2ccc(C)cc2c1CNCC1CCCCC1(O)c1cccc(O)c1. The molecule has 1 aromatic heterocycles. The smallest absolute Gasteiger partial charge is 0.355 e. The summed E-state index contributed by atoms with van der Waals surface area (Å²) in [6, 6.07) is 13.0. The van der Waals surface area contributed by atoms with E-state index >= 15 is 0 Å². The molecule has 1 saturated carbocycles. The lowest BCUT2D eigenvalue weighted by Gasteiger charge is -2.40. The first-order chi connectivity index (χ1) is 15.4. The standard InChI is InChI=1S/C26H32N2O4/c1-3-32-25(30)24-22(21-13-17(2)10-11-23(21)28-24)16-27-15-19-7-4-5-12-26(19,31)18-8-6-9-20(29)14-18/h6,8-11,13-14,19,27-29,31H,3-5,7,12,15-16H2,1-2H3. The number of esters is 1. The molecule has 1 aliphatic rings. The Bertz CT molecular complexity index is 1110. The number of nitrogens with one attached hydrogen (secondary N) is 2. The van der Waals surface area contributed by atoms with E-state index in [1.165, 1.54) is 0 Å². The van der Waals surface area contributed by atoms with Crippen molar-refractivity contribution in [2.75, 3.05) is 13.2 Å². The Morgan fingerprint density at radius 3 is 2.88 bits per heavy atom. The molecule has 4 N–H and O–H groups in total. The number of rotatable bonds is 7. The summed E-state index contributed by atoms with van der Waals surface area (Å²) in [5.74, 6) is -0.176. The van der Waals surface area contributed by atoms with E-state index in [0.717, 1.165) is 46.9 Å². The molecular formula is C26H32N2O4. The minimum Gasteiger partial charge on any atom is -0.508 e. The molecule has 170 valence electrons. The van der Waals surface area contributed by atoms with Crippen LogP contribution in [-0.4, -0.2) is 34.3 Å². The topological polar surface area (TPSA) is 94.6 Å². The Hall–Kier alpha value is -2.83. The average Bonchev–Trinajstić information content (AvgIpc) is 3.13. The molecule has 0 amide bonds. The van der Waals surface area contributed by atoms with Gasteiger partial charge in [-0.05, 0) is 56.5 Å². The summed E-state index contributed by atoms with van der Waals surface area (Å²) < 4.78 is 5.27. The normalized spacial score (nSPS) is 21.0. The van der Waals surface area contributed by atoms with E-state index in [2.05, 4.69) is 16.4 Å². The van der Waals surface area contributed by atoms with Gasteiger partial charge in [0.05, 0.1) is 12.2 Å². The Morgan fingerprint density at radius 2 is 2.09 bits per heavy atom. The molecular weight excluding hydrogens is 404 g/mol. The molecule has 0 bridgehead atoms. The molecule has 0 radical (unpaired) electrons. The highest BCUT2D eigenvalue weighted by molar-refractivity contribution is 5.98. The molecule has 0 saturated heterocycles. The summed E-state index contributed by atoms with van der Waals surface area (Å²) in [7, 11) is 0. The maximum absolute atomic E-state index is 12.6. The number of fused-ring (bicyclic) bond motifs is 1. The van der Waals surface area contributed by atoms with E-state index in [1.54, 1.807) is 25.1 Å². The van der Waals surface area contributed by atoms with Crippen LogP contribution in [0.4, 0.5) is 0 Å². The molecule has 1 heterocycles. The summed E-state index contributed by atoms with van der Waals surface area (Å²) in [5, 5.41) is 26.0. The number of carbonyl (C=O) groups is 1. The highest BCUT2D eigenvalue weighted by Gasteiger charge is 2.40. The maximum Gasteiger partial charge on any atom is 0.355 e. The number of aliphatic hydroxyl groups is 1. The van der Waals surface area contributed by atoms with Crippen LogP contribution in [-0.2, 0) is 16.9 Å². The van der Waals surface area contributed by atoms with Crippen LogP contribution < -0.4 is 5.32 Å². The Kier molecular flexibility index (Phi) is 6.53. The molecule has 3 aromatic rings. The van der Waals surface area contributed by atoms with E-state index in [4.69, 9.17) is 4.74 Å². The van der Waals surface area contributed by atoms with Crippen molar-refractivity contribution in [3.8, 4) is 5.75 Å². The van der Waals surface area contributed by atoms with E-state index < -0.39 is 5.60 Å². The number of aromatic hydroxyl groups is 1. The van der Waals surface area contributed by atoms with Crippen LogP contribution in [0.15, 0.2) is 42.5 Å². The second kappa shape index (κ2) is 9.35. The van der Waals surface area contributed by atoms with Gasteiger partial charge in [-0.1, -0.05) is 36.6 Å². The number of H-pyrrole nitrogens is 1. The van der Waals surface area contributed by atoms with Crippen molar-refractivity contribution in [2.45, 2.75) is 51.7 Å². The zero-order chi connectivity index (χ0) is 22.7. The summed E-state index contributed by atoms with van der Waals surface area (Å²) in [6.45, 7) is 5.25. The Morgan fingerprint density at radius 1 is 1.25 bits per heavy atom. The lowest BCUT2D eigenvalue weighted by molar-refractivity contribution is -0.0538. The van der Waals surface area contributed by atoms with Gasteiger partial charge in [0.1, 0.15) is 11.4 Å². The van der Waals surface area contributed by atoms with Gasteiger partial charge in [-0.2, -0.15) is 0 Å². The fraction of sp³-hybridized carbons (Fsp3) is 0.423. The minimum atomic E-state index is -0.981. The second-order valence-electron chi connectivity index (χ2n) is 8.80. The van der Waals surface area contributed by atoms with Crippen molar-refractivity contribution < 1.29 is 19.7 Å². The predicted molar refractivity (Wildman–Crippen MR) is 125 cm³/mol. The zero-order valence-corrected chi connectivity index (χ0v) is 18.8. The van der Waals surface area contributed by atoms with Gasteiger partial charge in [-0.3, -0.25) is 0 Å². The number of aromatic amines is 1. The highest BCUT2D eigenvalue weighted by Crippen LogP contribution is 2.42. The fourth-order valence-electron chi connectivity index (χ4n) is 4.95. The first-order valence-electron chi connectivity index (χ1n) is 11.4. The van der Waals surface area contributed by atoms with Crippen molar-refractivity contribution in [2.24, 2.45) is 5.92 Å². The van der Waals surface area contributed by atoms with Gasteiger partial charge in [0.2, 0.25) is 0 Å². The number of carbonyl (C=O) groups excluding carboxylic acids is 1. The van der Waals surface area contributed by atoms with Crippen LogP contribution in [0.2, 0.25) is 0 Å². The average molecular weight is 437 g/mol. The Labute approximate surface area is 188 Å². The summed E-state index contributed by atoms with van der Waals surface area (Å²) in [6.07, 6.45) is 3.59. The van der Waals surface area contributed by atoms with E-state index in [1.807, 2.05) is 25.1 Å². The number of ether oxygens (including phenoxy) is 1. The number of aromatic nitrogens is 1. The van der Waals surface area contributed by atoms with Gasteiger partial charge in [0, 0.05) is 35.5 Å². The number of phenols is 1. The van der Waals surface area contributed by atoms with Crippen molar-refractivity contribution in [1.29, 1.82) is 0 Å². The fourth-order valence-corrected chi connectivity index (χ4v) is 4.95. The van der Waals surface area contributed by atoms with Gasteiger partial charge in [-0.25, -0.2) is 4.79 Å². The van der Waals surface area contributed by atoms with Crippen LogP contribution in [0.25, 0.3) is 10.9 Å². The number of hydrogen-bond acceptors (Lipinski definition) is 5. The van der Waals surface area contributed by atoms with Crippen LogP contribution in [0, 0.1) is 12.8 Å². The first kappa shape index (κ1) is 22.4. The largest absolute Gasteiger partial charge is 0.508 e. The van der Waals surface area contributed by atoms with Gasteiger partial charge in [0.15, 0.2) is 0 Å². The molecule has 32 heavy (non-hydrogen) atoms. The van der Waals surface area contributed by atoms with Crippen LogP contribution in [0.3, 0.4) is 0 Å². The van der Waals surface area contributed by atoms with Gasteiger partial charge in [0.25, 0.3) is 0 Å². The summed E-state index contributed by atoms with van der Waals surface area (Å²) in [5.41, 5.74) is 3.18. The van der Waals surface area contributed by atoms with Crippen molar-refractivity contribution >= 4 is 16.9 Å². The van der Waals surface area contributed by atoms with Crippen molar-refractivity contribution in [3.05, 3.63) is 64.8 Å². The molecule has 2 unspecified atom stereocenters. The van der Waals surface area contributed by atoms with Crippen LogP contribution >= 0.6 is 0 Å². The monoisotopic (exact) mass is 436 g/mol. The van der Waals surface area contributed by atoms with Gasteiger partial charge in [-0.15, -0.1) is 0 Å². The molecule has 1 aliphatic carbocycles. The summed E-state index contributed by atoms with van der Waals surface area (Å²) >= 11 is 0. The van der Waals surface area contributed by atoms with Crippen LogP contribution in [0.1, 0.15) is 59.8 Å². The lowest BCUT2D eigenvalue weighted by atomic mass is 9.71. The molecule has 1 fully saturated rings. The molecule has 6 heteroatoms. The quantitative estimate of drug-likeness (QED) is 0.408. The molecule has 0 spiro atoms. The summed E-state index contributed by atoms with van der Waals surface area (Å²) in [4.78, 5) is 15.8. The predicted octanol–water partition coefficient (Wildman–Crippen LogP) is 4.53. The molecule has 6 nitrogen and oxygen atoms in total. The van der Waals surface area contributed by atoms with Crippen LogP contribution in [0.5, 0.6) is 5.75 Å². The molecule has 2 aromatic carbocycles. The van der Waals surface area contributed by atoms with Crippen molar-refractivity contribution in [1.82, 2.24) is 10.3 Å². The number of aryl methyl sites for hydroxylation is 1. The highest BCUT2D eigenvalue weighted by atomic mass is 16.5. The minimum absolute atomic E-state index is 0.0102. The third kappa shape index (κ3) is 4.38. The molecule has 2 atom stereocenters. The first-order valence-corrected chi connectivity index (χ1v) is 11.4. The van der Waals surface area contributed by atoms with E-state index in [9.17, 15) is 15.0 Å². The zero-order valence-electron chi connectivity index (χ0n) is 18.8.